The van der Waals surface area contributed by atoms with E-state index < -0.39 is 8.32 Å². The highest BCUT2D eigenvalue weighted by Gasteiger charge is 2.11. The van der Waals surface area contributed by atoms with E-state index in [1.54, 1.807) is 12.2 Å². The van der Waals surface area contributed by atoms with Gasteiger partial charge in [0.1, 0.15) is 0 Å². The molecule has 0 heterocycles. The van der Waals surface area contributed by atoms with E-state index in [2.05, 4.69) is 39.3 Å². The van der Waals surface area contributed by atoms with Gasteiger partial charge in [-0.3, -0.25) is 0 Å². The maximum Gasteiger partial charge on any atom is 0.211 e. The molecular weight excluding hydrogens is 168 g/mol. The standard InChI is InChI=1S/C4H12OSi2.C4H6/c1-6-5-7(2,3)4;1-3-4-2/h1-4H3;3-4H,1-2H2. The first-order chi connectivity index (χ1) is 4.97. The molecule has 0 fully saturated rings. The molecular formula is C8H18OSi2. The molecule has 2 radical (unpaired) electrons. The molecule has 0 aromatic rings. The normalized spacial score (nSPS) is 9.45. The largest absolute Gasteiger partial charge is 0.456 e. The fourth-order valence-corrected chi connectivity index (χ4v) is 2.76. The van der Waals surface area contributed by atoms with E-state index in [-0.39, 0.29) is 0 Å². The Hall–Kier alpha value is -0.126. The highest BCUT2D eigenvalue weighted by molar-refractivity contribution is 6.73. The van der Waals surface area contributed by atoms with Gasteiger partial charge in [-0.25, -0.2) is 0 Å². The quantitative estimate of drug-likeness (QED) is 0.486. The monoisotopic (exact) mass is 186 g/mol. The topological polar surface area (TPSA) is 9.23 Å². The molecule has 0 aliphatic heterocycles. The van der Waals surface area contributed by atoms with Crippen molar-refractivity contribution < 1.29 is 4.12 Å². The van der Waals surface area contributed by atoms with E-state index in [1.165, 1.54) is 0 Å². The number of allylic oxidation sites excluding steroid dienone is 2. The SMILES string of the molecule is C=CC=C.C[Si]O[Si](C)(C)C. The molecule has 0 aromatic carbocycles. The number of hydrogen-bond acceptors (Lipinski definition) is 1. The van der Waals surface area contributed by atoms with Crippen LogP contribution >= 0.6 is 0 Å². The average Bonchev–Trinajstić information content (AvgIpc) is 1.86. The minimum Gasteiger partial charge on any atom is -0.456 e. The summed E-state index contributed by atoms with van der Waals surface area (Å²) >= 11 is 0. The predicted octanol–water partition coefficient (Wildman–Crippen LogP) is 2.86. The summed E-state index contributed by atoms with van der Waals surface area (Å²) in [6.07, 6.45) is 3.28. The van der Waals surface area contributed by atoms with Crippen LogP contribution in [0, 0.1) is 0 Å². The van der Waals surface area contributed by atoms with Gasteiger partial charge in [0.05, 0.1) is 0 Å². The van der Waals surface area contributed by atoms with Crippen LogP contribution in [-0.2, 0) is 4.12 Å². The minimum absolute atomic E-state index is 0.671. The van der Waals surface area contributed by atoms with Crippen molar-refractivity contribution in [2.45, 2.75) is 26.2 Å². The molecule has 0 aliphatic rings. The molecule has 0 N–H and O–H groups in total. The molecule has 11 heavy (non-hydrogen) atoms. The maximum atomic E-state index is 5.40. The van der Waals surface area contributed by atoms with E-state index in [9.17, 15) is 0 Å². The Bertz CT molecular complexity index is 99.1. The minimum atomic E-state index is -1.14. The first-order valence-corrected chi connectivity index (χ1v) is 8.37. The lowest BCUT2D eigenvalue weighted by Gasteiger charge is -2.14. The average molecular weight is 186 g/mol. The molecule has 0 atom stereocenters. The molecule has 1 nitrogen and oxygen atoms in total. The van der Waals surface area contributed by atoms with E-state index >= 15 is 0 Å². The van der Waals surface area contributed by atoms with Crippen LogP contribution in [0.1, 0.15) is 0 Å². The molecule has 64 valence electrons. The lowest BCUT2D eigenvalue weighted by Crippen LogP contribution is -2.26. The summed E-state index contributed by atoms with van der Waals surface area (Å²) in [6.45, 7) is 15.4. The molecule has 0 unspecified atom stereocenters. The van der Waals surface area contributed by atoms with Crippen LogP contribution in [0.25, 0.3) is 0 Å². The summed E-state index contributed by atoms with van der Waals surface area (Å²) in [5.41, 5.74) is 0. The third-order valence-corrected chi connectivity index (χ3v) is 3.84. The Morgan fingerprint density at radius 1 is 1.18 bits per heavy atom. The van der Waals surface area contributed by atoms with Crippen molar-refractivity contribution in [2.24, 2.45) is 0 Å². The van der Waals surface area contributed by atoms with Crippen molar-refractivity contribution in [1.29, 1.82) is 0 Å². The molecule has 0 bridgehead atoms. The van der Waals surface area contributed by atoms with Crippen LogP contribution in [0.2, 0.25) is 26.2 Å². The maximum absolute atomic E-state index is 5.40. The fraction of sp³-hybridized carbons (Fsp3) is 0.500. The van der Waals surface area contributed by atoms with Gasteiger partial charge in [-0.05, 0) is 26.2 Å². The van der Waals surface area contributed by atoms with Crippen LogP contribution in [0.5, 0.6) is 0 Å². The van der Waals surface area contributed by atoms with Crippen LogP contribution in [-0.4, -0.2) is 18.1 Å². The van der Waals surface area contributed by atoms with Crippen LogP contribution in [0.4, 0.5) is 0 Å². The molecule has 0 aromatic heterocycles. The highest BCUT2D eigenvalue weighted by atomic mass is 28.4. The van der Waals surface area contributed by atoms with Gasteiger partial charge in [0, 0.05) is 0 Å². The van der Waals surface area contributed by atoms with Crippen molar-refractivity contribution in [1.82, 2.24) is 0 Å². The lowest BCUT2D eigenvalue weighted by atomic mass is 10.6. The Morgan fingerprint density at radius 2 is 1.55 bits per heavy atom. The third kappa shape index (κ3) is 25.8. The first kappa shape index (κ1) is 13.5. The zero-order valence-corrected chi connectivity index (χ0v) is 9.98. The molecule has 3 heteroatoms. The summed E-state index contributed by atoms with van der Waals surface area (Å²) in [5, 5.41) is 0. The number of hydrogen-bond donors (Lipinski definition) is 0. The molecule has 0 spiro atoms. The second kappa shape index (κ2) is 7.98. The van der Waals surface area contributed by atoms with Crippen molar-refractivity contribution in [3.05, 3.63) is 25.3 Å². The van der Waals surface area contributed by atoms with Crippen molar-refractivity contribution >= 4 is 18.1 Å². The van der Waals surface area contributed by atoms with Crippen molar-refractivity contribution in [3.63, 3.8) is 0 Å². The second-order valence-corrected chi connectivity index (χ2v) is 8.34. The van der Waals surface area contributed by atoms with Crippen LogP contribution < -0.4 is 0 Å². The van der Waals surface area contributed by atoms with Gasteiger partial charge in [-0.2, -0.15) is 0 Å². The molecule has 0 saturated heterocycles. The first-order valence-electron chi connectivity index (χ1n) is 3.56. The van der Waals surface area contributed by atoms with Crippen LogP contribution in [0.15, 0.2) is 25.3 Å². The zero-order valence-electron chi connectivity index (χ0n) is 7.98. The summed E-state index contributed by atoms with van der Waals surface area (Å²) < 4.78 is 5.40. The smallest absolute Gasteiger partial charge is 0.211 e. The molecule has 0 saturated carbocycles. The molecule has 0 aliphatic carbocycles. The summed E-state index contributed by atoms with van der Waals surface area (Å²) in [4.78, 5) is 0. The zero-order chi connectivity index (χ0) is 9.33. The summed E-state index contributed by atoms with van der Waals surface area (Å²) in [6, 6.07) is 0. The van der Waals surface area contributed by atoms with Crippen molar-refractivity contribution in [2.75, 3.05) is 0 Å². The van der Waals surface area contributed by atoms with Gasteiger partial charge in [0.15, 0.2) is 8.32 Å². The Balaban J connectivity index is 0. The van der Waals surface area contributed by atoms with Gasteiger partial charge in [0.2, 0.25) is 9.76 Å². The highest BCUT2D eigenvalue weighted by Crippen LogP contribution is 1.99. The molecule has 0 rings (SSSR count). The van der Waals surface area contributed by atoms with Crippen molar-refractivity contribution in [3.8, 4) is 0 Å². The second-order valence-electron chi connectivity index (χ2n) is 2.89. The number of rotatable bonds is 3. The van der Waals surface area contributed by atoms with Gasteiger partial charge >= 0.3 is 0 Å². The van der Waals surface area contributed by atoms with Crippen LogP contribution in [0.3, 0.4) is 0 Å². The Kier molecular flexibility index (Phi) is 9.76. The molecule has 0 amide bonds. The van der Waals surface area contributed by atoms with Gasteiger partial charge in [0.25, 0.3) is 0 Å². The predicted molar refractivity (Wildman–Crippen MR) is 56.4 cm³/mol. The van der Waals surface area contributed by atoms with Gasteiger partial charge in [-0.1, -0.05) is 25.3 Å². The van der Waals surface area contributed by atoms with E-state index in [4.69, 9.17) is 4.12 Å². The summed E-state index contributed by atoms with van der Waals surface area (Å²) in [5.74, 6) is 0. The Labute approximate surface area is 74.2 Å². The van der Waals surface area contributed by atoms with E-state index in [0.717, 1.165) is 0 Å². The lowest BCUT2D eigenvalue weighted by molar-refractivity contribution is 0.603. The van der Waals surface area contributed by atoms with E-state index in [1.807, 2.05) is 0 Å². The van der Waals surface area contributed by atoms with Gasteiger partial charge < -0.3 is 4.12 Å². The summed E-state index contributed by atoms with van der Waals surface area (Å²) in [7, 11) is -0.474. The fourth-order valence-electron chi connectivity index (χ4n) is 0.306. The Morgan fingerprint density at radius 3 is 1.55 bits per heavy atom. The van der Waals surface area contributed by atoms with Gasteiger partial charge in [-0.15, -0.1) is 0 Å². The third-order valence-electron chi connectivity index (χ3n) is 0.575. The van der Waals surface area contributed by atoms with E-state index in [0.29, 0.717) is 9.76 Å².